The molecule has 0 saturated heterocycles. The predicted molar refractivity (Wildman–Crippen MR) is 75.1 cm³/mol. The zero-order chi connectivity index (χ0) is 12.1. The van der Waals surface area contributed by atoms with Crippen LogP contribution in [0.5, 0.6) is 0 Å². The Kier molecular flexibility index (Phi) is 4.74. The lowest BCUT2D eigenvalue weighted by Crippen LogP contribution is -2.20. The molecular weight excluding hydrogens is 298 g/mol. The molecule has 2 aromatic rings. The molecular formula is C13H14BrNOS. The lowest BCUT2D eigenvalue weighted by molar-refractivity contribution is 0.174. The van der Waals surface area contributed by atoms with E-state index in [0.717, 1.165) is 16.6 Å². The van der Waals surface area contributed by atoms with Crippen LogP contribution in [0.15, 0.2) is 46.3 Å². The number of hydrogen-bond donors (Lipinski definition) is 2. The third kappa shape index (κ3) is 3.92. The van der Waals surface area contributed by atoms with Gasteiger partial charge in [0.25, 0.3) is 0 Å². The molecule has 17 heavy (non-hydrogen) atoms. The van der Waals surface area contributed by atoms with E-state index in [2.05, 4.69) is 32.7 Å². The minimum atomic E-state index is -0.445. The Morgan fingerprint density at radius 2 is 2.06 bits per heavy atom. The summed E-state index contributed by atoms with van der Waals surface area (Å²) in [5.41, 5.74) is 0.951. The van der Waals surface area contributed by atoms with E-state index in [1.807, 2.05) is 30.3 Å². The summed E-state index contributed by atoms with van der Waals surface area (Å²) in [5.74, 6) is 0. The van der Waals surface area contributed by atoms with Crippen molar-refractivity contribution in [3.05, 3.63) is 56.7 Å². The van der Waals surface area contributed by atoms with Crippen molar-refractivity contribution < 1.29 is 5.11 Å². The second-order valence-corrected chi connectivity index (χ2v) is 5.70. The van der Waals surface area contributed by atoms with Crippen LogP contribution >= 0.6 is 27.3 Å². The normalized spacial score (nSPS) is 12.6. The third-order valence-electron chi connectivity index (χ3n) is 2.44. The van der Waals surface area contributed by atoms with Crippen LogP contribution in [-0.2, 0) is 6.54 Å². The highest BCUT2D eigenvalue weighted by atomic mass is 79.9. The molecule has 0 unspecified atom stereocenters. The number of aliphatic hydroxyl groups excluding tert-OH is 1. The topological polar surface area (TPSA) is 32.3 Å². The van der Waals surface area contributed by atoms with Gasteiger partial charge in [0.15, 0.2) is 0 Å². The number of thiophene rings is 1. The third-order valence-corrected chi connectivity index (χ3v) is 4.14. The van der Waals surface area contributed by atoms with Crippen LogP contribution in [0.1, 0.15) is 16.5 Å². The summed E-state index contributed by atoms with van der Waals surface area (Å²) in [5, 5.41) is 15.2. The molecule has 4 heteroatoms. The number of halogens is 1. The molecule has 0 aliphatic heterocycles. The van der Waals surface area contributed by atoms with Gasteiger partial charge in [-0.15, -0.1) is 11.3 Å². The van der Waals surface area contributed by atoms with E-state index in [4.69, 9.17) is 0 Å². The number of nitrogens with one attached hydrogen (secondary N) is 1. The maximum absolute atomic E-state index is 9.94. The molecule has 0 aliphatic carbocycles. The molecule has 0 spiro atoms. The Labute approximate surface area is 113 Å². The molecule has 1 atom stereocenters. The summed E-state index contributed by atoms with van der Waals surface area (Å²) in [7, 11) is 0. The fourth-order valence-corrected chi connectivity index (χ4v) is 2.99. The van der Waals surface area contributed by atoms with Crippen LogP contribution in [-0.4, -0.2) is 11.7 Å². The van der Waals surface area contributed by atoms with Crippen LogP contribution in [0.3, 0.4) is 0 Å². The molecule has 1 aromatic heterocycles. The summed E-state index contributed by atoms with van der Waals surface area (Å²) < 4.78 is 1.11. The van der Waals surface area contributed by atoms with E-state index in [1.165, 1.54) is 4.88 Å². The minimum Gasteiger partial charge on any atom is -0.387 e. The van der Waals surface area contributed by atoms with Gasteiger partial charge in [0.2, 0.25) is 0 Å². The van der Waals surface area contributed by atoms with Crippen molar-refractivity contribution in [2.45, 2.75) is 12.6 Å². The smallest absolute Gasteiger partial charge is 0.0914 e. The first-order chi connectivity index (χ1) is 8.25. The van der Waals surface area contributed by atoms with Crippen molar-refractivity contribution in [3.8, 4) is 0 Å². The maximum atomic E-state index is 9.94. The zero-order valence-corrected chi connectivity index (χ0v) is 11.7. The van der Waals surface area contributed by atoms with Crippen LogP contribution < -0.4 is 5.32 Å². The van der Waals surface area contributed by atoms with Gasteiger partial charge < -0.3 is 10.4 Å². The fourth-order valence-electron chi connectivity index (χ4n) is 1.57. The minimum absolute atomic E-state index is 0.445. The largest absolute Gasteiger partial charge is 0.387 e. The molecule has 0 radical (unpaired) electrons. The average Bonchev–Trinajstić information content (AvgIpc) is 2.76. The summed E-state index contributed by atoms with van der Waals surface area (Å²) in [6, 6.07) is 11.8. The highest BCUT2D eigenvalue weighted by Crippen LogP contribution is 2.19. The van der Waals surface area contributed by atoms with Gasteiger partial charge in [0.05, 0.1) is 6.10 Å². The summed E-state index contributed by atoms with van der Waals surface area (Å²) >= 11 is 5.13. The van der Waals surface area contributed by atoms with Gasteiger partial charge in [-0.25, -0.2) is 0 Å². The molecule has 0 bridgehead atoms. The highest BCUT2D eigenvalue weighted by molar-refractivity contribution is 9.10. The van der Waals surface area contributed by atoms with Crippen molar-refractivity contribution in [2.24, 2.45) is 0 Å². The van der Waals surface area contributed by atoms with Crippen LogP contribution in [0.4, 0.5) is 0 Å². The summed E-state index contributed by atoms with van der Waals surface area (Å²) in [6.07, 6.45) is -0.445. The number of hydrogen-bond acceptors (Lipinski definition) is 3. The van der Waals surface area contributed by atoms with Crippen molar-refractivity contribution in [2.75, 3.05) is 6.54 Å². The van der Waals surface area contributed by atoms with Gasteiger partial charge >= 0.3 is 0 Å². The van der Waals surface area contributed by atoms with Gasteiger partial charge in [-0.2, -0.15) is 0 Å². The number of aliphatic hydroxyl groups is 1. The molecule has 1 heterocycles. The van der Waals surface area contributed by atoms with Gasteiger partial charge in [0, 0.05) is 27.8 Å². The quantitative estimate of drug-likeness (QED) is 0.887. The Bertz CT molecular complexity index is 457. The number of benzene rings is 1. The Morgan fingerprint density at radius 3 is 2.71 bits per heavy atom. The van der Waals surface area contributed by atoms with Gasteiger partial charge in [-0.1, -0.05) is 30.3 Å². The van der Waals surface area contributed by atoms with E-state index < -0.39 is 6.10 Å². The molecule has 2 rings (SSSR count). The lowest BCUT2D eigenvalue weighted by Gasteiger charge is -2.11. The standard InChI is InChI=1S/C13H14BrNOS/c14-11-6-12(17-9-11)7-15-8-13(16)10-4-2-1-3-5-10/h1-6,9,13,15-16H,7-8H2/t13-/m1/s1. The first-order valence-corrected chi connectivity index (χ1v) is 7.09. The second-order valence-electron chi connectivity index (χ2n) is 3.79. The van der Waals surface area contributed by atoms with Crippen LogP contribution in [0.2, 0.25) is 0 Å². The van der Waals surface area contributed by atoms with E-state index in [-0.39, 0.29) is 0 Å². The molecule has 90 valence electrons. The fraction of sp³-hybridized carbons (Fsp3) is 0.231. The van der Waals surface area contributed by atoms with Gasteiger partial charge in [0.1, 0.15) is 0 Å². The maximum Gasteiger partial charge on any atom is 0.0914 e. The van der Waals surface area contributed by atoms with E-state index in [1.54, 1.807) is 11.3 Å². The summed E-state index contributed by atoms with van der Waals surface area (Å²) in [6.45, 7) is 1.36. The zero-order valence-electron chi connectivity index (χ0n) is 9.27. The molecule has 1 aromatic carbocycles. The predicted octanol–water partition coefficient (Wildman–Crippen LogP) is 3.33. The first-order valence-electron chi connectivity index (χ1n) is 5.42. The van der Waals surface area contributed by atoms with E-state index in [0.29, 0.717) is 6.54 Å². The Balaban J connectivity index is 1.79. The lowest BCUT2D eigenvalue weighted by atomic mass is 10.1. The van der Waals surface area contributed by atoms with Crippen molar-refractivity contribution in [1.29, 1.82) is 0 Å². The second kappa shape index (κ2) is 6.31. The Morgan fingerprint density at radius 1 is 1.29 bits per heavy atom. The van der Waals surface area contributed by atoms with Crippen LogP contribution in [0.25, 0.3) is 0 Å². The molecule has 0 saturated carbocycles. The van der Waals surface area contributed by atoms with Gasteiger partial charge in [-0.3, -0.25) is 0 Å². The molecule has 0 aliphatic rings. The average molecular weight is 312 g/mol. The van der Waals surface area contributed by atoms with Crippen molar-refractivity contribution >= 4 is 27.3 Å². The Hall–Kier alpha value is -0.680. The number of rotatable bonds is 5. The molecule has 2 N–H and O–H groups in total. The van der Waals surface area contributed by atoms with Gasteiger partial charge in [-0.05, 0) is 27.6 Å². The van der Waals surface area contributed by atoms with Crippen molar-refractivity contribution in [3.63, 3.8) is 0 Å². The van der Waals surface area contributed by atoms with Crippen LogP contribution in [0, 0.1) is 0 Å². The molecule has 0 amide bonds. The first kappa shape index (κ1) is 12.8. The van der Waals surface area contributed by atoms with E-state index >= 15 is 0 Å². The molecule has 0 fully saturated rings. The highest BCUT2D eigenvalue weighted by Gasteiger charge is 2.06. The van der Waals surface area contributed by atoms with E-state index in [9.17, 15) is 5.11 Å². The monoisotopic (exact) mass is 311 g/mol. The summed E-state index contributed by atoms with van der Waals surface area (Å²) in [4.78, 5) is 1.26. The van der Waals surface area contributed by atoms with Crippen molar-refractivity contribution in [1.82, 2.24) is 5.32 Å². The molecule has 2 nitrogen and oxygen atoms in total. The SMILES string of the molecule is O[C@H](CNCc1cc(Br)cs1)c1ccccc1.